The molecule has 158 valence electrons. The Morgan fingerprint density at radius 3 is 2.72 bits per heavy atom. The normalized spacial score (nSPS) is 31.6. The Labute approximate surface area is 174 Å². The molecule has 29 heavy (non-hydrogen) atoms. The monoisotopic (exact) mass is 398 g/mol. The Morgan fingerprint density at radius 1 is 1.21 bits per heavy atom. The van der Waals surface area contributed by atoms with Gasteiger partial charge >= 0.3 is 0 Å². The van der Waals surface area contributed by atoms with E-state index in [2.05, 4.69) is 17.1 Å². The quantitative estimate of drug-likeness (QED) is 0.810. The molecule has 1 aromatic carbocycles. The number of carbonyl (C=O) groups is 2. The first-order valence-electron chi connectivity index (χ1n) is 11.3. The van der Waals surface area contributed by atoms with Crippen LogP contribution in [0.25, 0.3) is 0 Å². The zero-order valence-electron chi connectivity index (χ0n) is 17.8. The fraction of sp³-hybridized carbons (Fsp3) is 0.667. The Bertz CT molecular complexity index is 747. The lowest BCUT2D eigenvalue weighted by Gasteiger charge is -2.53. The summed E-state index contributed by atoms with van der Waals surface area (Å²) in [6.45, 7) is 3.16. The summed E-state index contributed by atoms with van der Waals surface area (Å²) in [6.07, 6.45) is 9.28. The highest BCUT2D eigenvalue weighted by atomic mass is 16.5. The number of carbonyl (C=O) groups excluding carboxylic acids is 2. The summed E-state index contributed by atoms with van der Waals surface area (Å²) in [4.78, 5) is 27.9. The fourth-order valence-electron chi connectivity index (χ4n) is 6.40. The molecule has 4 rings (SSSR count). The Balaban J connectivity index is 1.55. The molecular weight excluding hydrogens is 364 g/mol. The van der Waals surface area contributed by atoms with E-state index in [-0.39, 0.29) is 17.5 Å². The van der Waals surface area contributed by atoms with Gasteiger partial charge in [-0.2, -0.15) is 0 Å². The molecule has 1 N–H and O–H groups in total. The number of rotatable bonds is 5. The van der Waals surface area contributed by atoms with Gasteiger partial charge in [0.25, 0.3) is 5.91 Å². The number of nitrogens with one attached hydrogen (secondary N) is 1. The van der Waals surface area contributed by atoms with Crippen molar-refractivity contribution in [1.29, 1.82) is 0 Å². The van der Waals surface area contributed by atoms with Gasteiger partial charge in [0.1, 0.15) is 5.75 Å². The van der Waals surface area contributed by atoms with Crippen LogP contribution in [0.5, 0.6) is 5.75 Å². The molecule has 3 aliphatic rings. The fourth-order valence-corrected chi connectivity index (χ4v) is 6.40. The maximum Gasteiger partial charge on any atom is 0.251 e. The van der Waals surface area contributed by atoms with Gasteiger partial charge in [0.2, 0.25) is 5.91 Å². The van der Waals surface area contributed by atoms with Crippen LogP contribution in [0, 0.1) is 11.8 Å². The standard InChI is InChI=1S/C24H34N2O3/c1-3-6-19-20-7-4-8-22(27)26-16-5-14-24(20,26)15-13-21(19)25-23(28)17-9-11-18(29-2)12-10-17/h9-12,19-21H,3-8,13-16H2,1-2H3,(H,25,28)/t19-,20+,21+,24-/m1/s1. The van der Waals surface area contributed by atoms with Crippen molar-refractivity contribution in [2.75, 3.05) is 13.7 Å². The van der Waals surface area contributed by atoms with E-state index in [4.69, 9.17) is 4.74 Å². The molecule has 1 aromatic rings. The molecule has 2 heterocycles. The molecule has 1 aliphatic carbocycles. The van der Waals surface area contributed by atoms with E-state index in [9.17, 15) is 9.59 Å². The van der Waals surface area contributed by atoms with Crippen LogP contribution >= 0.6 is 0 Å². The van der Waals surface area contributed by atoms with E-state index in [1.165, 1.54) is 0 Å². The van der Waals surface area contributed by atoms with E-state index >= 15 is 0 Å². The van der Waals surface area contributed by atoms with Crippen LogP contribution < -0.4 is 10.1 Å². The van der Waals surface area contributed by atoms with E-state index < -0.39 is 0 Å². The average Bonchev–Trinajstić information content (AvgIpc) is 3.10. The number of benzene rings is 1. The van der Waals surface area contributed by atoms with Crippen LogP contribution in [0.1, 0.15) is 75.1 Å². The largest absolute Gasteiger partial charge is 0.497 e. The maximum absolute atomic E-state index is 13.0. The van der Waals surface area contributed by atoms with Crippen LogP contribution in [0.2, 0.25) is 0 Å². The van der Waals surface area contributed by atoms with Gasteiger partial charge in [0.05, 0.1) is 7.11 Å². The van der Waals surface area contributed by atoms with Crippen LogP contribution in [-0.4, -0.2) is 41.9 Å². The number of ether oxygens (including phenoxy) is 1. The minimum absolute atomic E-state index is 0.00248. The van der Waals surface area contributed by atoms with Crippen LogP contribution in [0.4, 0.5) is 0 Å². The molecule has 5 heteroatoms. The third kappa shape index (κ3) is 3.64. The van der Waals surface area contributed by atoms with Crippen molar-refractivity contribution in [3.63, 3.8) is 0 Å². The maximum atomic E-state index is 13.0. The Kier molecular flexibility index (Phi) is 5.84. The van der Waals surface area contributed by atoms with Gasteiger partial charge in [-0.25, -0.2) is 0 Å². The zero-order chi connectivity index (χ0) is 20.4. The highest BCUT2D eigenvalue weighted by Gasteiger charge is 2.55. The van der Waals surface area contributed by atoms with E-state index in [0.29, 0.717) is 29.7 Å². The molecule has 0 bridgehead atoms. The molecule has 1 spiro atoms. The molecular formula is C24H34N2O3. The molecule has 4 atom stereocenters. The van der Waals surface area contributed by atoms with Gasteiger partial charge in [0.15, 0.2) is 0 Å². The second kappa shape index (κ2) is 8.37. The first kappa shape index (κ1) is 20.2. The summed E-state index contributed by atoms with van der Waals surface area (Å²) in [5.41, 5.74) is 0.731. The van der Waals surface area contributed by atoms with Crippen molar-refractivity contribution in [3.8, 4) is 5.75 Å². The molecule has 1 saturated carbocycles. The lowest BCUT2D eigenvalue weighted by Crippen LogP contribution is -2.60. The van der Waals surface area contributed by atoms with Crippen molar-refractivity contribution < 1.29 is 14.3 Å². The highest BCUT2D eigenvalue weighted by molar-refractivity contribution is 5.94. The smallest absolute Gasteiger partial charge is 0.251 e. The minimum Gasteiger partial charge on any atom is -0.497 e. The topological polar surface area (TPSA) is 58.6 Å². The second-order valence-corrected chi connectivity index (χ2v) is 9.05. The molecule has 2 amide bonds. The number of methoxy groups -OCH3 is 1. The van der Waals surface area contributed by atoms with Crippen molar-refractivity contribution in [2.24, 2.45) is 11.8 Å². The zero-order valence-corrected chi connectivity index (χ0v) is 17.8. The van der Waals surface area contributed by atoms with Crippen molar-refractivity contribution >= 4 is 11.8 Å². The molecule has 0 unspecified atom stereocenters. The summed E-state index contributed by atoms with van der Waals surface area (Å²) in [5.74, 6) is 2.08. The first-order chi connectivity index (χ1) is 14.1. The summed E-state index contributed by atoms with van der Waals surface area (Å²) in [5, 5.41) is 3.37. The molecule has 0 aromatic heterocycles. The SMILES string of the molecule is CCC[C@H]1[C@@H](NC(=O)c2ccc(OC)cc2)CC[C@@]23CCCN2C(=O)CCC[C@@H]13. The van der Waals surface area contributed by atoms with Crippen molar-refractivity contribution in [2.45, 2.75) is 76.3 Å². The third-order valence-corrected chi connectivity index (χ3v) is 7.64. The van der Waals surface area contributed by atoms with Crippen LogP contribution in [0.15, 0.2) is 24.3 Å². The number of nitrogens with zero attached hydrogens (tertiary/aromatic N) is 1. The highest BCUT2D eigenvalue weighted by Crippen LogP contribution is 2.52. The molecule has 2 aliphatic heterocycles. The molecule has 5 nitrogen and oxygen atoms in total. The van der Waals surface area contributed by atoms with Crippen molar-refractivity contribution in [3.05, 3.63) is 29.8 Å². The van der Waals surface area contributed by atoms with E-state index in [0.717, 1.165) is 63.7 Å². The van der Waals surface area contributed by atoms with Gasteiger partial charge in [-0.05, 0) is 81.0 Å². The van der Waals surface area contributed by atoms with Gasteiger partial charge < -0.3 is 15.0 Å². The van der Waals surface area contributed by atoms with Gasteiger partial charge in [-0.3, -0.25) is 9.59 Å². The Morgan fingerprint density at radius 2 is 2.00 bits per heavy atom. The summed E-state index contributed by atoms with van der Waals surface area (Å²) in [7, 11) is 1.63. The van der Waals surface area contributed by atoms with Crippen LogP contribution in [-0.2, 0) is 4.79 Å². The molecule has 3 fully saturated rings. The van der Waals surface area contributed by atoms with Gasteiger partial charge in [-0.15, -0.1) is 0 Å². The summed E-state index contributed by atoms with van der Waals surface area (Å²) >= 11 is 0. The lowest BCUT2D eigenvalue weighted by molar-refractivity contribution is -0.138. The summed E-state index contributed by atoms with van der Waals surface area (Å²) in [6, 6.07) is 7.52. The van der Waals surface area contributed by atoms with Crippen molar-refractivity contribution in [1.82, 2.24) is 10.2 Å². The van der Waals surface area contributed by atoms with Gasteiger partial charge in [-0.1, -0.05) is 13.3 Å². The lowest BCUT2D eigenvalue weighted by atomic mass is 9.61. The minimum atomic E-state index is 0.00248. The summed E-state index contributed by atoms with van der Waals surface area (Å²) < 4.78 is 5.20. The molecule has 2 saturated heterocycles. The number of amides is 2. The number of hydrogen-bond acceptors (Lipinski definition) is 3. The molecule has 0 radical (unpaired) electrons. The predicted octanol–water partition coefficient (Wildman–Crippen LogP) is 4.17. The Hall–Kier alpha value is -2.04. The van der Waals surface area contributed by atoms with E-state index in [1.54, 1.807) is 7.11 Å². The third-order valence-electron chi connectivity index (χ3n) is 7.64. The number of hydrogen-bond donors (Lipinski definition) is 1. The first-order valence-corrected chi connectivity index (χ1v) is 11.3. The predicted molar refractivity (Wildman–Crippen MR) is 113 cm³/mol. The van der Waals surface area contributed by atoms with Crippen LogP contribution in [0.3, 0.4) is 0 Å². The average molecular weight is 399 g/mol. The van der Waals surface area contributed by atoms with E-state index in [1.807, 2.05) is 24.3 Å². The van der Waals surface area contributed by atoms with Gasteiger partial charge in [0, 0.05) is 30.1 Å². The second-order valence-electron chi connectivity index (χ2n) is 9.05.